The molecular weight excluding hydrogens is 196 g/mol. The van der Waals surface area contributed by atoms with Crippen molar-refractivity contribution in [3.63, 3.8) is 0 Å². The molecule has 0 saturated heterocycles. The zero-order valence-corrected chi connectivity index (χ0v) is 9.89. The molecular formula is C11H17ClN2. The molecule has 0 aromatic carbocycles. The summed E-state index contributed by atoms with van der Waals surface area (Å²) in [4.78, 5) is 4.13. The lowest BCUT2D eigenvalue weighted by atomic mass is 10.2. The molecule has 0 spiro atoms. The third-order valence-electron chi connectivity index (χ3n) is 1.51. The number of nitrogens with one attached hydrogen (secondary N) is 1. The van der Waals surface area contributed by atoms with E-state index in [4.69, 9.17) is 11.6 Å². The average molecular weight is 213 g/mol. The van der Waals surface area contributed by atoms with Crippen molar-refractivity contribution < 1.29 is 0 Å². The largest absolute Gasteiger partial charge is 0.373 e. The maximum Gasteiger partial charge on any atom is 0.134 e. The second-order valence-corrected chi connectivity index (χ2v) is 2.71. The lowest BCUT2D eigenvalue weighted by molar-refractivity contribution is 1.28. The second kappa shape index (κ2) is 7.39. The van der Waals surface area contributed by atoms with E-state index in [-0.39, 0.29) is 0 Å². The molecule has 78 valence electrons. The summed E-state index contributed by atoms with van der Waals surface area (Å²) in [5.74, 6) is 0.806. The molecule has 0 unspecified atom stereocenters. The van der Waals surface area contributed by atoms with Crippen LogP contribution in [0.3, 0.4) is 0 Å². The first-order chi connectivity index (χ1) is 6.79. The molecule has 0 amide bonds. The summed E-state index contributed by atoms with van der Waals surface area (Å²) in [6.07, 6.45) is 5.55. The van der Waals surface area contributed by atoms with Crippen LogP contribution in [0.15, 0.2) is 18.3 Å². The van der Waals surface area contributed by atoms with Gasteiger partial charge in [-0.1, -0.05) is 37.6 Å². The van der Waals surface area contributed by atoms with Crippen molar-refractivity contribution in [3.8, 4) is 0 Å². The van der Waals surface area contributed by atoms with E-state index in [0.29, 0.717) is 5.02 Å². The van der Waals surface area contributed by atoms with Gasteiger partial charge in [0.25, 0.3) is 0 Å². The molecule has 0 aliphatic heterocycles. The average Bonchev–Trinajstić information content (AvgIpc) is 2.24. The summed E-state index contributed by atoms with van der Waals surface area (Å²) < 4.78 is 0. The topological polar surface area (TPSA) is 24.9 Å². The van der Waals surface area contributed by atoms with Gasteiger partial charge in [0.15, 0.2) is 0 Å². The van der Waals surface area contributed by atoms with Crippen molar-refractivity contribution in [2.45, 2.75) is 20.8 Å². The number of pyridine rings is 1. The molecule has 1 aromatic heterocycles. The monoisotopic (exact) mass is 212 g/mol. The Hall–Kier alpha value is -1.02. The highest BCUT2D eigenvalue weighted by Gasteiger charge is 2.01. The van der Waals surface area contributed by atoms with Gasteiger partial charge in [0.05, 0.1) is 5.02 Å². The molecule has 0 fully saturated rings. The number of anilines is 1. The predicted octanol–water partition coefficient (Wildman–Crippen LogP) is 3.84. The molecule has 0 saturated carbocycles. The number of nitrogens with zero attached hydrogens (tertiary/aromatic N) is 1. The van der Waals surface area contributed by atoms with Gasteiger partial charge in [0, 0.05) is 18.8 Å². The normalized spacial score (nSPS) is 9.50. The standard InChI is InChI=1S/C9H11ClN2.C2H6/c1-3-4-7-8(10)5-6-12-9(7)11-2;1-2/h3-6H,1-2H3,(H,11,12);1-2H3/b4-3+;. The number of hydrogen-bond acceptors (Lipinski definition) is 2. The number of rotatable bonds is 2. The third kappa shape index (κ3) is 3.38. The fraction of sp³-hybridized carbons (Fsp3) is 0.364. The van der Waals surface area contributed by atoms with Crippen molar-refractivity contribution in [2.75, 3.05) is 12.4 Å². The highest BCUT2D eigenvalue weighted by Crippen LogP contribution is 2.22. The van der Waals surface area contributed by atoms with Crippen molar-refractivity contribution >= 4 is 23.5 Å². The Kier molecular flexibility index (Phi) is 6.85. The van der Waals surface area contributed by atoms with Crippen LogP contribution in [-0.4, -0.2) is 12.0 Å². The summed E-state index contributed by atoms with van der Waals surface area (Å²) in [6, 6.07) is 1.78. The number of allylic oxidation sites excluding steroid dienone is 1. The van der Waals surface area contributed by atoms with Gasteiger partial charge in [-0.05, 0) is 13.0 Å². The summed E-state index contributed by atoms with van der Waals surface area (Å²) >= 11 is 5.96. The molecule has 0 radical (unpaired) electrons. The van der Waals surface area contributed by atoms with Crippen LogP contribution in [0.1, 0.15) is 26.3 Å². The number of aromatic nitrogens is 1. The molecule has 1 heterocycles. The second-order valence-electron chi connectivity index (χ2n) is 2.31. The van der Waals surface area contributed by atoms with Crippen molar-refractivity contribution in [1.82, 2.24) is 4.98 Å². The van der Waals surface area contributed by atoms with Crippen LogP contribution < -0.4 is 5.32 Å². The van der Waals surface area contributed by atoms with Crippen LogP contribution in [-0.2, 0) is 0 Å². The smallest absolute Gasteiger partial charge is 0.134 e. The van der Waals surface area contributed by atoms with Crippen LogP contribution in [0.5, 0.6) is 0 Å². The molecule has 14 heavy (non-hydrogen) atoms. The minimum atomic E-state index is 0.715. The highest BCUT2D eigenvalue weighted by molar-refractivity contribution is 6.32. The van der Waals surface area contributed by atoms with Crippen molar-refractivity contribution in [3.05, 3.63) is 28.9 Å². The van der Waals surface area contributed by atoms with Gasteiger partial charge >= 0.3 is 0 Å². The summed E-state index contributed by atoms with van der Waals surface area (Å²) in [5.41, 5.74) is 0.934. The van der Waals surface area contributed by atoms with Crippen LogP contribution in [0, 0.1) is 0 Å². The Morgan fingerprint density at radius 1 is 1.43 bits per heavy atom. The maximum atomic E-state index is 5.96. The molecule has 1 rings (SSSR count). The van der Waals surface area contributed by atoms with Gasteiger partial charge in [0.2, 0.25) is 0 Å². The first-order valence-electron chi connectivity index (χ1n) is 4.74. The zero-order valence-electron chi connectivity index (χ0n) is 9.13. The first kappa shape index (κ1) is 13.0. The van der Waals surface area contributed by atoms with Crippen molar-refractivity contribution in [2.24, 2.45) is 0 Å². The predicted molar refractivity (Wildman–Crippen MR) is 64.8 cm³/mol. The van der Waals surface area contributed by atoms with Crippen LogP contribution in [0.25, 0.3) is 6.08 Å². The minimum Gasteiger partial charge on any atom is -0.373 e. The van der Waals surface area contributed by atoms with Gasteiger partial charge in [-0.15, -0.1) is 0 Å². The minimum absolute atomic E-state index is 0.715. The molecule has 3 heteroatoms. The van der Waals surface area contributed by atoms with Gasteiger partial charge in [0.1, 0.15) is 5.82 Å². The van der Waals surface area contributed by atoms with E-state index >= 15 is 0 Å². The number of halogens is 1. The molecule has 1 aromatic rings. The SMILES string of the molecule is C/C=C/c1c(Cl)ccnc1NC.CC. The first-order valence-corrected chi connectivity index (χ1v) is 5.12. The Bertz CT molecular complexity index is 295. The zero-order chi connectivity index (χ0) is 11.0. The fourth-order valence-electron chi connectivity index (χ4n) is 0.974. The van der Waals surface area contributed by atoms with E-state index in [0.717, 1.165) is 11.4 Å². The molecule has 1 N–H and O–H groups in total. The maximum absolute atomic E-state index is 5.96. The summed E-state index contributed by atoms with van der Waals surface area (Å²) in [6.45, 7) is 5.95. The van der Waals surface area contributed by atoms with E-state index in [1.54, 1.807) is 12.3 Å². The van der Waals surface area contributed by atoms with E-state index in [1.165, 1.54) is 0 Å². The highest BCUT2D eigenvalue weighted by atomic mass is 35.5. The Labute approximate surface area is 91.0 Å². The molecule has 0 atom stereocenters. The van der Waals surface area contributed by atoms with Crippen molar-refractivity contribution in [1.29, 1.82) is 0 Å². The lowest BCUT2D eigenvalue weighted by Gasteiger charge is -2.04. The molecule has 0 aliphatic rings. The molecule has 0 bridgehead atoms. The van der Waals surface area contributed by atoms with E-state index < -0.39 is 0 Å². The molecule has 2 nitrogen and oxygen atoms in total. The van der Waals surface area contributed by atoms with Gasteiger partial charge < -0.3 is 5.32 Å². The van der Waals surface area contributed by atoms with E-state index in [1.807, 2.05) is 40.0 Å². The Balaban J connectivity index is 0.000000791. The van der Waals surface area contributed by atoms with E-state index in [2.05, 4.69) is 10.3 Å². The number of hydrogen-bond donors (Lipinski definition) is 1. The Morgan fingerprint density at radius 2 is 2.07 bits per heavy atom. The summed E-state index contributed by atoms with van der Waals surface area (Å²) in [5, 5.41) is 3.69. The molecule has 0 aliphatic carbocycles. The third-order valence-corrected chi connectivity index (χ3v) is 1.84. The van der Waals surface area contributed by atoms with Gasteiger partial charge in [-0.3, -0.25) is 0 Å². The van der Waals surface area contributed by atoms with Crippen LogP contribution in [0.2, 0.25) is 5.02 Å². The Morgan fingerprint density at radius 3 is 2.57 bits per heavy atom. The van der Waals surface area contributed by atoms with Crippen LogP contribution in [0.4, 0.5) is 5.82 Å². The van der Waals surface area contributed by atoms with Crippen LogP contribution >= 0.6 is 11.6 Å². The van der Waals surface area contributed by atoms with Gasteiger partial charge in [-0.25, -0.2) is 4.98 Å². The van der Waals surface area contributed by atoms with E-state index in [9.17, 15) is 0 Å². The lowest BCUT2D eigenvalue weighted by Crippen LogP contribution is -1.95. The summed E-state index contributed by atoms with van der Waals surface area (Å²) in [7, 11) is 1.83. The van der Waals surface area contributed by atoms with Gasteiger partial charge in [-0.2, -0.15) is 0 Å². The fourth-order valence-corrected chi connectivity index (χ4v) is 1.18. The quantitative estimate of drug-likeness (QED) is 0.806.